The molecule has 3 aromatic rings. The van der Waals surface area contributed by atoms with Crippen molar-refractivity contribution < 1.29 is 28.1 Å². The second kappa shape index (κ2) is 13.5. The van der Waals surface area contributed by atoms with Crippen molar-refractivity contribution in [1.82, 2.24) is 0 Å². The van der Waals surface area contributed by atoms with Crippen molar-refractivity contribution in [3.63, 3.8) is 0 Å². The molecule has 220 valence electrons. The van der Waals surface area contributed by atoms with E-state index in [1.54, 1.807) is 26.4 Å². The molecule has 0 aromatic heterocycles. The summed E-state index contributed by atoms with van der Waals surface area (Å²) in [6.07, 6.45) is 3.20. The second-order valence-electron chi connectivity index (χ2n) is 12.1. The van der Waals surface area contributed by atoms with E-state index in [1.807, 2.05) is 37.3 Å². The number of hydrogen-bond acceptors (Lipinski definition) is 5. The second-order valence-corrected chi connectivity index (χ2v) is 12.1. The van der Waals surface area contributed by atoms with E-state index >= 15 is 0 Å². The maximum Gasteiger partial charge on any atom is 0.306 e. The molecule has 6 heteroatoms. The highest BCUT2D eigenvalue weighted by molar-refractivity contribution is 5.71. The zero-order valence-corrected chi connectivity index (χ0v) is 25.2. The number of rotatable bonds is 13. The van der Waals surface area contributed by atoms with E-state index in [0.717, 1.165) is 41.5 Å². The number of methoxy groups -OCH3 is 2. The Morgan fingerprint density at radius 3 is 2.46 bits per heavy atom. The Morgan fingerprint density at radius 2 is 1.80 bits per heavy atom. The molecule has 1 aliphatic carbocycles. The quantitative estimate of drug-likeness (QED) is 0.195. The molecule has 5 nitrogen and oxygen atoms in total. The molecule has 2 unspecified atom stereocenters. The molecule has 4 rings (SSSR count). The van der Waals surface area contributed by atoms with E-state index in [0.29, 0.717) is 42.6 Å². The summed E-state index contributed by atoms with van der Waals surface area (Å²) in [4.78, 5) is 12.3. The summed E-state index contributed by atoms with van der Waals surface area (Å²) in [7, 11) is 3.27. The van der Waals surface area contributed by atoms with Gasteiger partial charge in [0.25, 0.3) is 0 Å². The Morgan fingerprint density at radius 1 is 1.02 bits per heavy atom. The number of carbonyl (C=O) groups excluding carboxylic acids is 1. The minimum atomic E-state index is -0.319. The largest absolute Gasteiger partial charge is 0.497 e. The monoisotopic (exact) mass is 562 g/mol. The summed E-state index contributed by atoms with van der Waals surface area (Å²) < 4.78 is 37.9. The van der Waals surface area contributed by atoms with E-state index in [9.17, 15) is 9.18 Å². The zero-order valence-electron chi connectivity index (χ0n) is 25.2. The van der Waals surface area contributed by atoms with Gasteiger partial charge in [0.2, 0.25) is 0 Å². The van der Waals surface area contributed by atoms with E-state index in [-0.39, 0.29) is 29.2 Å². The van der Waals surface area contributed by atoms with Crippen LogP contribution in [-0.4, -0.2) is 26.8 Å². The maximum absolute atomic E-state index is 14.9. The molecule has 3 aromatic carbocycles. The van der Waals surface area contributed by atoms with Crippen LogP contribution in [0.1, 0.15) is 82.1 Å². The lowest BCUT2D eigenvalue weighted by molar-refractivity contribution is -0.143. The van der Waals surface area contributed by atoms with Crippen LogP contribution in [0.3, 0.4) is 0 Å². The molecular formula is C35H43FO5. The minimum Gasteiger partial charge on any atom is -0.497 e. The molecular weight excluding hydrogens is 519 g/mol. The lowest BCUT2D eigenvalue weighted by Crippen LogP contribution is -2.15. The van der Waals surface area contributed by atoms with Crippen molar-refractivity contribution in [2.24, 2.45) is 11.3 Å². The highest BCUT2D eigenvalue weighted by atomic mass is 19.1. The predicted molar refractivity (Wildman–Crippen MR) is 160 cm³/mol. The lowest BCUT2D eigenvalue weighted by atomic mass is 9.86. The molecule has 1 fully saturated rings. The zero-order chi connectivity index (χ0) is 29.6. The molecule has 0 heterocycles. The third-order valence-corrected chi connectivity index (χ3v) is 7.58. The Hall–Kier alpha value is -3.38. The van der Waals surface area contributed by atoms with Gasteiger partial charge in [-0.1, -0.05) is 51.1 Å². The summed E-state index contributed by atoms with van der Waals surface area (Å²) in [6.45, 7) is 9.10. The van der Waals surface area contributed by atoms with Crippen molar-refractivity contribution in [3.8, 4) is 22.6 Å². The molecule has 0 amide bonds. The average molecular weight is 563 g/mol. The summed E-state index contributed by atoms with van der Waals surface area (Å²) in [5.74, 6) is 1.50. The number of halogens is 1. The fourth-order valence-corrected chi connectivity index (χ4v) is 5.36. The van der Waals surface area contributed by atoms with Crippen LogP contribution in [0.2, 0.25) is 0 Å². The number of carbonyl (C=O) groups is 1. The van der Waals surface area contributed by atoms with E-state index < -0.39 is 0 Å². The fourth-order valence-electron chi connectivity index (χ4n) is 5.36. The Bertz CT molecular complexity index is 1320. The van der Waals surface area contributed by atoms with Gasteiger partial charge in [0.1, 0.15) is 23.9 Å². The topological polar surface area (TPSA) is 54.0 Å². The first-order valence-electron chi connectivity index (χ1n) is 14.5. The first kappa shape index (κ1) is 30.6. The number of hydrogen-bond donors (Lipinski definition) is 0. The standard InChI is InChI=1S/C35H43FO5/c1-7-40-34(37)20-28(24-11-12-24)25-10-8-9-23(17-25)22-41-32-16-13-26(29-19-27(38-5)14-15-31(29)36)18-30(32)33(39-6)21-35(2,3)4/h8-10,13-19,24,28,33H,7,11-12,20-22H2,1-6H3. The Balaban J connectivity index is 1.62. The van der Waals surface area contributed by atoms with Gasteiger partial charge in [-0.2, -0.15) is 0 Å². The van der Waals surface area contributed by atoms with E-state index in [1.165, 1.54) is 6.07 Å². The van der Waals surface area contributed by atoms with Crippen LogP contribution in [0.25, 0.3) is 11.1 Å². The van der Waals surface area contributed by atoms with Crippen LogP contribution in [0.15, 0.2) is 60.7 Å². The van der Waals surface area contributed by atoms with Gasteiger partial charge in [-0.15, -0.1) is 0 Å². The van der Waals surface area contributed by atoms with Crippen molar-refractivity contribution in [2.45, 2.75) is 72.0 Å². The molecule has 0 radical (unpaired) electrons. The molecule has 1 aliphatic rings. The average Bonchev–Trinajstić information content (AvgIpc) is 3.79. The molecule has 0 saturated heterocycles. The minimum absolute atomic E-state index is 0.000246. The van der Waals surface area contributed by atoms with Gasteiger partial charge in [0.05, 0.1) is 26.2 Å². The maximum atomic E-state index is 14.9. The third-order valence-electron chi connectivity index (χ3n) is 7.58. The molecule has 0 bridgehead atoms. The van der Waals surface area contributed by atoms with Gasteiger partial charge in [-0.3, -0.25) is 4.79 Å². The van der Waals surface area contributed by atoms with Gasteiger partial charge in [-0.25, -0.2) is 4.39 Å². The number of benzene rings is 3. The van der Waals surface area contributed by atoms with Crippen LogP contribution in [0.4, 0.5) is 4.39 Å². The van der Waals surface area contributed by atoms with Crippen molar-refractivity contribution >= 4 is 5.97 Å². The molecule has 41 heavy (non-hydrogen) atoms. The SMILES string of the molecule is CCOC(=O)CC(c1cccc(COc2ccc(-c3cc(OC)ccc3F)cc2C(CC(C)(C)C)OC)c1)C1CC1. The van der Waals surface area contributed by atoms with E-state index in [4.69, 9.17) is 18.9 Å². The lowest BCUT2D eigenvalue weighted by Gasteiger charge is -2.27. The van der Waals surface area contributed by atoms with Crippen molar-refractivity contribution in [1.29, 1.82) is 0 Å². The predicted octanol–water partition coefficient (Wildman–Crippen LogP) is 8.65. The smallest absolute Gasteiger partial charge is 0.306 e. The van der Waals surface area contributed by atoms with Gasteiger partial charge in [0.15, 0.2) is 0 Å². The van der Waals surface area contributed by atoms with Crippen LogP contribution < -0.4 is 9.47 Å². The van der Waals surface area contributed by atoms with Crippen LogP contribution in [0, 0.1) is 17.2 Å². The normalized spacial score (nSPS) is 14.8. The van der Waals surface area contributed by atoms with Gasteiger partial charge in [0, 0.05) is 18.2 Å². The van der Waals surface area contributed by atoms with Crippen molar-refractivity contribution in [2.75, 3.05) is 20.8 Å². The summed E-state index contributed by atoms with van der Waals surface area (Å²) >= 11 is 0. The Labute approximate surface area is 244 Å². The van der Waals surface area contributed by atoms with Crippen LogP contribution in [0.5, 0.6) is 11.5 Å². The molecule has 1 saturated carbocycles. The third kappa shape index (κ3) is 8.32. The highest BCUT2D eigenvalue weighted by Crippen LogP contribution is 2.45. The van der Waals surface area contributed by atoms with Gasteiger partial charge < -0.3 is 18.9 Å². The number of ether oxygens (including phenoxy) is 4. The first-order valence-corrected chi connectivity index (χ1v) is 14.5. The first-order chi connectivity index (χ1) is 19.6. The van der Waals surface area contributed by atoms with Gasteiger partial charge >= 0.3 is 5.97 Å². The molecule has 2 atom stereocenters. The molecule has 0 aliphatic heterocycles. The summed E-state index contributed by atoms with van der Waals surface area (Å²) in [6, 6.07) is 18.8. The molecule has 0 spiro atoms. The van der Waals surface area contributed by atoms with Crippen molar-refractivity contribution in [3.05, 3.63) is 83.2 Å². The highest BCUT2D eigenvalue weighted by Gasteiger charge is 2.34. The number of esters is 1. The summed E-state index contributed by atoms with van der Waals surface area (Å²) in [5.41, 5.74) is 4.23. The van der Waals surface area contributed by atoms with E-state index in [2.05, 4.69) is 32.9 Å². The van der Waals surface area contributed by atoms with Crippen LogP contribution >= 0.6 is 0 Å². The summed E-state index contributed by atoms with van der Waals surface area (Å²) in [5, 5.41) is 0. The van der Waals surface area contributed by atoms with Gasteiger partial charge in [-0.05, 0) is 90.5 Å². The fraction of sp³-hybridized carbons (Fsp3) is 0.457. The molecule has 0 N–H and O–H groups in total. The Kier molecular flexibility index (Phi) is 10.1. The van der Waals surface area contributed by atoms with Crippen LogP contribution in [-0.2, 0) is 20.9 Å².